The Morgan fingerprint density at radius 3 is 2.86 bits per heavy atom. The molecule has 0 saturated heterocycles. The van der Waals surface area contributed by atoms with Gasteiger partial charge in [-0.05, 0) is 36.6 Å². The average Bonchev–Trinajstić information content (AvgIpc) is 3.54. The number of fused-ring (bicyclic) bond motifs is 1. The Labute approximate surface area is 210 Å². The molecule has 8 nitrogen and oxygen atoms in total. The van der Waals surface area contributed by atoms with Crippen molar-refractivity contribution in [1.29, 1.82) is 0 Å². The molecule has 1 aromatic carbocycles. The number of hydrogen-bond donors (Lipinski definition) is 2. The molecule has 35 heavy (non-hydrogen) atoms. The van der Waals surface area contributed by atoms with E-state index in [1.807, 2.05) is 32.2 Å². The quantitative estimate of drug-likeness (QED) is 0.278. The van der Waals surface area contributed by atoms with E-state index in [1.165, 1.54) is 6.07 Å². The van der Waals surface area contributed by atoms with Gasteiger partial charge in [0.2, 0.25) is 11.9 Å². The minimum absolute atomic E-state index is 0.00949. The maximum atomic E-state index is 14.2. The standard InChI is InChI=1S/C24H22ClFN8S/c1-14(27-2)18-12-29-21(26)11-17(18)16-5-3-4-15-10-20(35-23(15)16)22-19(25)13-30-24(32-22)28-6-8-34-9-7-31-33-34/h3-5,7,9-14,27H,6,8H2,1-2H3,(H,28,30,32). The molecule has 0 amide bonds. The van der Waals surface area contributed by atoms with Crippen molar-refractivity contribution in [2.45, 2.75) is 19.5 Å². The van der Waals surface area contributed by atoms with Crippen LogP contribution in [0.3, 0.4) is 0 Å². The van der Waals surface area contributed by atoms with E-state index in [2.05, 4.69) is 42.0 Å². The second kappa shape index (κ2) is 10.0. The Kier molecular flexibility index (Phi) is 6.67. The van der Waals surface area contributed by atoms with Gasteiger partial charge in [0.25, 0.3) is 0 Å². The lowest BCUT2D eigenvalue weighted by Gasteiger charge is -2.16. The van der Waals surface area contributed by atoms with Crippen LogP contribution in [0.5, 0.6) is 0 Å². The van der Waals surface area contributed by atoms with Gasteiger partial charge in [0.15, 0.2) is 0 Å². The third kappa shape index (κ3) is 4.86. The fraction of sp³-hybridized carbons (Fsp3) is 0.208. The zero-order valence-electron chi connectivity index (χ0n) is 19.0. The van der Waals surface area contributed by atoms with Crippen LogP contribution in [0.15, 0.2) is 55.1 Å². The number of halogens is 2. The van der Waals surface area contributed by atoms with Gasteiger partial charge in [0, 0.05) is 41.3 Å². The van der Waals surface area contributed by atoms with Crippen molar-refractivity contribution >= 4 is 39.0 Å². The minimum Gasteiger partial charge on any atom is -0.352 e. The third-order valence-corrected chi connectivity index (χ3v) is 7.18. The van der Waals surface area contributed by atoms with E-state index in [4.69, 9.17) is 11.6 Å². The Morgan fingerprint density at radius 2 is 2.06 bits per heavy atom. The molecule has 0 aliphatic rings. The molecule has 4 aromatic heterocycles. The summed E-state index contributed by atoms with van der Waals surface area (Å²) in [7, 11) is 1.87. The first-order valence-electron chi connectivity index (χ1n) is 11.0. The summed E-state index contributed by atoms with van der Waals surface area (Å²) in [5, 5.41) is 15.7. The molecule has 0 saturated carbocycles. The van der Waals surface area contributed by atoms with Gasteiger partial charge >= 0.3 is 0 Å². The molecule has 0 aliphatic heterocycles. The molecule has 0 spiro atoms. The Bertz CT molecular complexity index is 1470. The van der Waals surface area contributed by atoms with E-state index in [0.29, 0.717) is 29.8 Å². The van der Waals surface area contributed by atoms with E-state index in [9.17, 15) is 4.39 Å². The summed E-state index contributed by atoms with van der Waals surface area (Å²) >= 11 is 8.06. The zero-order chi connectivity index (χ0) is 24.4. The summed E-state index contributed by atoms with van der Waals surface area (Å²) in [6, 6.07) is 9.56. The first kappa shape index (κ1) is 23.3. The van der Waals surface area contributed by atoms with E-state index >= 15 is 0 Å². The van der Waals surface area contributed by atoms with Gasteiger partial charge in [-0.25, -0.2) is 15.0 Å². The highest BCUT2D eigenvalue weighted by Crippen LogP contribution is 2.42. The van der Waals surface area contributed by atoms with E-state index in [0.717, 1.165) is 31.7 Å². The molecule has 0 radical (unpaired) electrons. The summed E-state index contributed by atoms with van der Waals surface area (Å²) in [6.45, 7) is 3.24. The van der Waals surface area contributed by atoms with Crippen LogP contribution in [0.1, 0.15) is 18.5 Å². The number of hydrogen-bond acceptors (Lipinski definition) is 8. The average molecular weight is 509 g/mol. The van der Waals surface area contributed by atoms with E-state index in [-0.39, 0.29) is 6.04 Å². The molecular formula is C24H22ClFN8S. The molecule has 0 bridgehead atoms. The van der Waals surface area contributed by atoms with Crippen molar-refractivity contribution in [3.05, 3.63) is 71.7 Å². The van der Waals surface area contributed by atoms with Crippen LogP contribution in [0.4, 0.5) is 10.3 Å². The van der Waals surface area contributed by atoms with Gasteiger partial charge in [-0.3, -0.25) is 4.68 Å². The predicted octanol–water partition coefficient (Wildman–Crippen LogP) is 5.20. The monoisotopic (exact) mass is 508 g/mol. The number of aromatic nitrogens is 6. The van der Waals surface area contributed by atoms with Crippen molar-refractivity contribution < 1.29 is 4.39 Å². The lowest BCUT2D eigenvalue weighted by atomic mass is 9.97. The fourth-order valence-electron chi connectivity index (χ4n) is 3.83. The highest BCUT2D eigenvalue weighted by atomic mass is 35.5. The number of nitrogens with zero attached hydrogens (tertiary/aromatic N) is 6. The van der Waals surface area contributed by atoms with Crippen LogP contribution in [-0.2, 0) is 6.54 Å². The van der Waals surface area contributed by atoms with Crippen molar-refractivity contribution in [3.63, 3.8) is 0 Å². The van der Waals surface area contributed by atoms with Gasteiger partial charge in [0.1, 0.15) is 5.69 Å². The van der Waals surface area contributed by atoms with Crippen LogP contribution >= 0.6 is 22.9 Å². The molecule has 1 unspecified atom stereocenters. The maximum absolute atomic E-state index is 14.2. The summed E-state index contributed by atoms with van der Waals surface area (Å²) in [4.78, 5) is 13.7. The minimum atomic E-state index is -0.513. The molecule has 178 valence electrons. The summed E-state index contributed by atoms with van der Waals surface area (Å²) < 4.78 is 16.9. The number of rotatable bonds is 8. The van der Waals surface area contributed by atoms with Gasteiger partial charge in [-0.2, -0.15) is 4.39 Å². The van der Waals surface area contributed by atoms with Gasteiger partial charge in [0.05, 0.1) is 28.8 Å². The van der Waals surface area contributed by atoms with Crippen LogP contribution in [0.25, 0.3) is 31.8 Å². The summed E-state index contributed by atoms with van der Waals surface area (Å²) in [6.07, 6.45) is 6.62. The third-order valence-electron chi connectivity index (χ3n) is 5.71. The maximum Gasteiger partial charge on any atom is 0.223 e. The highest BCUT2D eigenvalue weighted by molar-refractivity contribution is 7.22. The molecule has 0 fully saturated rings. The zero-order valence-corrected chi connectivity index (χ0v) is 20.6. The highest BCUT2D eigenvalue weighted by Gasteiger charge is 2.18. The van der Waals surface area contributed by atoms with Crippen molar-refractivity contribution in [3.8, 4) is 21.7 Å². The fourth-order valence-corrected chi connectivity index (χ4v) is 5.27. The molecule has 5 rings (SSSR count). The molecule has 5 aromatic rings. The molecule has 2 N–H and O–H groups in total. The molecule has 1 atom stereocenters. The molecule has 11 heteroatoms. The van der Waals surface area contributed by atoms with Gasteiger partial charge in [-0.1, -0.05) is 35.0 Å². The normalized spacial score (nSPS) is 12.2. The lowest BCUT2D eigenvalue weighted by Crippen LogP contribution is -2.14. The number of thiophene rings is 1. The van der Waals surface area contributed by atoms with E-state index < -0.39 is 5.95 Å². The first-order chi connectivity index (χ1) is 17.0. The molecule has 0 aliphatic carbocycles. The smallest absolute Gasteiger partial charge is 0.223 e. The largest absolute Gasteiger partial charge is 0.352 e. The topological polar surface area (TPSA) is 93.4 Å². The van der Waals surface area contributed by atoms with Gasteiger partial charge < -0.3 is 10.6 Å². The van der Waals surface area contributed by atoms with Crippen LogP contribution in [0, 0.1) is 5.95 Å². The number of benzene rings is 1. The summed E-state index contributed by atoms with van der Waals surface area (Å²) in [5.41, 5.74) is 3.31. The van der Waals surface area contributed by atoms with Crippen LogP contribution in [0.2, 0.25) is 5.02 Å². The Morgan fingerprint density at radius 1 is 1.17 bits per heavy atom. The molecule has 4 heterocycles. The predicted molar refractivity (Wildman–Crippen MR) is 137 cm³/mol. The van der Waals surface area contributed by atoms with Crippen LogP contribution in [-0.4, -0.2) is 43.5 Å². The summed E-state index contributed by atoms with van der Waals surface area (Å²) in [5.74, 6) is -0.0372. The van der Waals surface area contributed by atoms with E-state index in [1.54, 1.807) is 40.8 Å². The molecular weight excluding hydrogens is 487 g/mol. The first-order valence-corrected chi connectivity index (χ1v) is 12.2. The van der Waals surface area contributed by atoms with Gasteiger partial charge in [-0.15, -0.1) is 16.4 Å². The second-order valence-corrected chi connectivity index (χ2v) is 9.38. The van der Waals surface area contributed by atoms with Crippen molar-refractivity contribution in [1.82, 2.24) is 35.3 Å². The number of anilines is 1. The Hall–Kier alpha value is -3.47. The van der Waals surface area contributed by atoms with Crippen LogP contribution < -0.4 is 10.6 Å². The SMILES string of the molecule is CNC(C)c1cnc(F)cc1-c1cccc2cc(-c3nc(NCCn4ccnn4)ncc3Cl)sc12. The Balaban J connectivity index is 1.51. The number of nitrogens with one attached hydrogen (secondary N) is 2. The number of pyridine rings is 1. The lowest BCUT2D eigenvalue weighted by molar-refractivity contribution is 0.577. The second-order valence-electron chi connectivity index (χ2n) is 7.92. The van der Waals surface area contributed by atoms with Crippen molar-refractivity contribution in [2.75, 3.05) is 18.9 Å². The van der Waals surface area contributed by atoms with Crippen molar-refractivity contribution in [2.24, 2.45) is 0 Å².